The molecule has 2 aromatic rings. The highest BCUT2D eigenvalue weighted by Gasteiger charge is 2.15. The first-order valence-corrected chi connectivity index (χ1v) is 6.83. The van der Waals surface area contributed by atoms with Crippen LogP contribution in [0.15, 0.2) is 35.7 Å². The maximum absolute atomic E-state index is 13.0. The van der Waals surface area contributed by atoms with Crippen LogP contribution >= 0.6 is 11.3 Å². The molecule has 3 nitrogen and oxygen atoms in total. The van der Waals surface area contributed by atoms with E-state index in [4.69, 9.17) is 14.2 Å². The zero-order valence-electron chi connectivity index (χ0n) is 10.9. The van der Waals surface area contributed by atoms with Crippen LogP contribution in [-0.2, 0) is 14.2 Å². The quantitative estimate of drug-likeness (QED) is 0.437. The van der Waals surface area contributed by atoms with Gasteiger partial charge in [-0.15, -0.1) is 11.3 Å². The largest absolute Gasteiger partial charge is 0.461 e. The molecule has 0 spiro atoms. The lowest BCUT2D eigenvalue weighted by atomic mass is 10.1. The van der Waals surface area contributed by atoms with Gasteiger partial charge < -0.3 is 14.2 Å². The molecule has 108 valence electrons. The fourth-order valence-electron chi connectivity index (χ4n) is 1.69. The standard InChI is InChI=1S/C14H14F2O3S/c1-17-6-7-18-9-19-13(14(15)16)11-8-20-12-5-3-2-4-10(11)12/h2-5,8H,6-7,9H2,1H3. The van der Waals surface area contributed by atoms with Crippen molar-refractivity contribution in [3.05, 3.63) is 41.3 Å². The normalized spacial score (nSPS) is 10.8. The number of methoxy groups -OCH3 is 1. The Morgan fingerprint density at radius 3 is 2.75 bits per heavy atom. The Labute approximate surface area is 119 Å². The second-order valence-corrected chi connectivity index (χ2v) is 4.81. The Kier molecular flexibility index (Phi) is 5.46. The lowest BCUT2D eigenvalue weighted by Gasteiger charge is -2.09. The average Bonchev–Trinajstić information content (AvgIpc) is 2.86. The molecule has 0 aliphatic carbocycles. The molecule has 0 aliphatic heterocycles. The fourth-order valence-corrected chi connectivity index (χ4v) is 2.63. The first kappa shape index (κ1) is 14.9. The van der Waals surface area contributed by atoms with Crippen LogP contribution in [0.25, 0.3) is 15.8 Å². The van der Waals surface area contributed by atoms with Crippen molar-refractivity contribution in [2.24, 2.45) is 0 Å². The second-order valence-electron chi connectivity index (χ2n) is 3.90. The number of hydrogen-bond acceptors (Lipinski definition) is 4. The molecule has 2 rings (SSSR count). The summed E-state index contributed by atoms with van der Waals surface area (Å²) in [6.07, 6.45) is -1.86. The summed E-state index contributed by atoms with van der Waals surface area (Å²) in [4.78, 5) is 0. The predicted molar refractivity (Wildman–Crippen MR) is 74.7 cm³/mol. The number of fused-ring (bicyclic) bond motifs is 1. The van der Waals surface area contributed by atoms with E-state index < -0.39 is 11.8 Å². The molecule has 0 atom stereocenters. The molecule has 1 aromatic carbocycles. The monoisotopic (exact) mass is 300 g/mol. The van der Waals surface area contributed by atoms with Gasteiger partial charge in [0.05, 0.1) is 13.2 Å². The Balaban J connectivity index is 2.12. The zero-order chi connectivity index (χ0) is 14.4. The van der Waals surface area contributed by atoms with E-state index in [1.165, 1.54) is 18.4 Å². The highest BCUT2D eigenvalue weighted by Crippen LogP contribution is 2.33. The van der Waals surface area contributed by atoms with E-state index in [1.807, 2.05) is 12.1 Å². The lowest BCUT2D eigenvalue weighted by Crippen LogP contribution is -2.05. The fraction of sp³-hybridized carbons (Fsp3) is 0.286. The Hall–Kier alpha value is -1.50. The second kappa shape index (κ2) is 7.33. The number of ether oxygens (including phenoxy) is 3. The molecule has 0 radical (unpaired) electrons. The van der Waals surface area contributed by atoms with Gasteiger partial charge in [0.25, 0.3) is 0 Å². The molecule has 0 fully saturated rings. The summed E-state index contributed by atoms with van der Waals surface area (Å²) in [6, 6.07) is 7.35. The Morgan fingerprint density at radius 1 is 1.20 bits per heavy atom. The number of halogens is 2. The van der Waals surface area contributed by atoms with E-state index in [-0.39, 0.29) is 6.79 Å². The van der Waals surface area contributed by atoms with Crippen molar-refractivity contribution in [2.75, 3.05) is 27.1 Å². The number of thiophene rings is 1. The SMILES string of the molecule is COCCOCOC(=C(F)F)c1csc2ccccc12. The number of rotatable bonds is 7. The molecular formula is C14H14F2O3S. The van der Waals surface area contributed by atoms with Crippen LogP contribution in [-0.4, -0.2) is 27.1 Å². The van der Waals surface area contributed by atoms with Crippen molar-refractivity contribution < 1.29 is 23.0 Å². The third-order valence-corrected chi connectivity index (χ3v) is 3.58. The highest BCUT2D eigenvalue weighted by molar-refractivity contribution is 7.17. The Bertz CT molecular complexity index is 591. The zero-order valence-corrected chi connectivity index (χ0v) is 11.7. The molecule has 1 aromatic heterocycles. The summed E-state index contributed by atoms with van der Waals surface area (Å²) in [5.74, 6) is -0.431. The average molecular weight is 300 g/mol. The predicted octanol–water partition coefficient (Wildman–Crippen LogP) is 4.10. The van der Waals surface area contributed by atoms with E-state index in [1.54, 1.807) is 17.5 Å². The van der Waals surface area contributed by atoms with Crippen molar-refractivity contribution >= 4 is 27.2 Å². The minimum absolute atomic E-state index is 0.236. The van der Waals surface area contributed by atoms with Crippen molar-refractivity contribution in [3.63, 3.8) is 0 Å². The van der Waals surface area contributed by atoms with Crippen LogP contribution in [0, 0.1) is 0 Å². The molecule has 0 N–H and O–H groups in total. The van der Waals surface area contributed by atoms with Crippen molar-refractivity contribution in [1.29, 1.82) is 0 Å². The lowest BCUT2D eigenvalue weighted by molar-refractivity contribution is -0.0235. The van der Waals surface area contributed by atoms with Gasteiger partial charge in [-0.25, -0.2) is 0 Å². The van der Waals surface area contributed by atoms with Crippen molar-refractivity contribution in [1.82, 2.24) is 0 Å². The van der Waals surface area contributed by atoms with E-state index in [9.17, 15) is 8.78 Å². The highest BCUT2D eigenvalue weighted by atomic mass is 32.1. The first-order valence-electron chi connectivity index (χ1n) is 5.95. The van der Waals surface area contributed by atoms with Gasteiger partial charge in [-0.05, 0) is 6.07 Å². The first-order chi connectivity index (χ1) is 9.74. The summed E-state index contributed by atoms with van der Waals surface area (Å²) in [5.41, 5.74) is 0.390. The molecule has 0 saturated heterocycles. The van der Waals surface area contributed by atoms with E-state index in [0.717, 1.165) is 10.1 Å². The minimum Gasteiger partial charge on any atom is -0.461 e. The van der Waals surface area contributed by atoms with E-state index in [2.05, 4.69) is 0 Å². The van der Waals surface area contributed by atoms with Crippen molar-refractivity contribution in [2.45, 2.75) is 0 Å². The van der Waals surface area contributed by atoms with Gasteiger partial charge in [0.1, 0.15) is 0 Å². The third-order valence-electron chi connectivity index (χ3n) is 2.62. The van der Waals surface area contributed by atoms with Gasteiger partial charge in [0, 0.05) is 28.1 Å². The summed E-state index contributed by atoms with van der Waals surface area (Å²) in [6.45, 7) is 0.449. The third kappa shape index (κ3) is 3.53. The molecule has 1 heterocycles. The van der Waals surface area contributed by atoms with Gasteiger partial charge >= 0.3 is 6.08 Å². The van der Waals surface area contributed by atoms with E-state index >= 15 is 0 Å². The summed E-state index contributed by atoms with van der Waals surface area (Å²) in [7, 11) is 1.54. The topological polar surface area (TPSA) is 27.7 Å². The summed E-state index contributed by atoms with van der Waals surface area (Å²) in [5, 5.41) is 2.41. The van der Waals surface area contributed by atoms with E-state index in [0.29, 0.717) is 18.8 Å². The van der Waals surface area contributed by atoms with Gasteiger partial charge in [-0.2, -0.15) is 8.78 Å². The summed E-state index contributed by atoms with van der Waals surface area (Å²) >= 11 is 1.40. The van der Waals surface area contributed by atoms with Gasteiger partial charge in [-0.3, -0.25) is 0 Å². The van der Waals surface area contributed by atoms with Crippen LogP contribution in [0.1, 0.15) is 5.56 Å². The van der Waals surface area contributed by atoms with Crippen LogP contribution in [0.3, 0.4) is 0 Å². The van der Waals surface area contributed by atoms with Crippen LogP contribution in [0.4, 0.5) is 8.78 Å². The van der Waals surface area contributed by atoms with Crippen LogP contribution in [0.2, 0.25) is 0 Å². The Morgan fingerprint density at radius 2 is 2.00 bits per heavy atom. The minimum atomic E-state index is -1.86. The molecule has 0 bridgehead atoms. The maximum atomic E-state index is 13.0. The molecule has 0 unspecified atom stereocenters. The van der Waals surface area contributed by atoms with Gasteiger partial charge in [-0.1, -0.05) is 18.2 Å². The molecular weight excluding hydrogens is 286 g/mol. The smallest absolute Gasteiger partial charge is 0.312 e. The molecule has 6 heteroatoms. The summed E-state index contributed by atoms with van der Waals surface area (Å²) < 4.78 is 41.9. The van der Waals surface area contributed by atoms with Crippen LogP contribution in [0.5, 0.6) is 0 Å². The molecule has 0 aliphatic rings. The van der Waals surface area contributed by atoms with Gasteiger partial charge in [0.15, 0.2) is 12.6 Å². The maximum Gasteiger partial charge on any atom is 0.312 e. The molecule has 0 amide bonds. The van der Waals surface area contributed by atoms with Gasteiger partial charge in [0.2, 0.25) is 0 Å². The molecule has 0 saturated carbocycles. The number of hydrogen-bond donors (Lipinski definition) is 0. The van der Waals surface area contributed by atoms with Crippen molar-refractivity contribution in [3.8, 4) is 0 Å². The number of benzene rings is 1. The van der Waals surface area contributed by atoms with Crippen LogP contribution < -0.4 is 0 Å². The molecule has 20 heavy (non-hydrogen) atoms.